The highest BCUT2D eigenvalue weighted by atomic mass is 32.1. The second-order valence-corrected chi connectivity index (χ2v) is 8.92. The van der Waals surface area contributed by atoms with Gasteiger partial charge in [-0.25, -0.2) is 15.0 Å². The van der Waals surface area contributed by atoms with E-state index in [1.165, 1.54) is 0 Å². The smallest absolute Gasteiger partial charge is 0.257 e. The molecule has 3 N–H and O–H groups in total. The average Bonchev–Trinajstić information content (AvgIpc) is 3.27. The third-order valence-corrected chi connectivity index (χ3v) is 6.40. The summed E-state index contributed by atoms with van der Waals surface area (Å²) >= 11 is 1.57. The Labute approximate surface area is 189 Å². The van der Waals surface area contributed by atoms with Crippen molar-refractivity contribution in [3.63, 3.8) is 0 Å². The maximum atomic E-state index is 12.8. The highest BCUT2D eigenvalue weighted by Crippen LogP contribution is 2.31. The number of hydrogen-bond acceptors (Lipinski definition) is 9. The number of hydrogen-bond donors (Lipinski definition) is 2. The van der Waals surface area contributed by atoms with E-state index in [1.54, 1.807) is 42.1 Å². The molecule has 5 rings (SSSR count). The lowest BCUT2D eigenvalue weighted by atomic mass is 10.1. The quantitative estimate of drug-likeness (QED) is 0.481. The fourth-order valence-corrected chi connectivity index (χ4v) is 4.26. The largest absolute Gasteiger partial charge is 0.354 e. The molecule has 0 saturated carbocycles. The lowest BCUT2D eigenvalue weighted by molar-refractivity contribution is 0.102. The Bertz CT molecular complexity index is 1300. The number of pyridine rings is 3. The summed E-state index contributed by atoms with van der Waals surface area (Å²) in [5, 5.41) is 5.63. The molecule has 4 aromatic heterocycles. The minimum atomic E-state index is -0.238. The maximum Gasteiger partial charge on any atom is 0.257 e. The number of carbonyl (C=O) groups excluding carboxylic acids is 1. The normalized spacial score (nSPS) is 13.8. The molecule has 1 aliphatic heterocycles. The Morgan fingerprint density at radius 1 is 1.09 bits per heavy atom. The number of amides is 1. The number of carbonyl (C=O) groups is 1. The fraction of sp³-hybridized carbons (Fsp3) is 0.227. The van der Waals surface area contributed by atoms with Gasteiger partial charge in [-0.2, -0.15) is 0 Å². The van der Waals surface area contributed by atoms with Gasteiger partial charge in [0, 0.05) is 69.0 Å². The van der Waals surface area contributed by atoms with Crippen LogP contribution >= 0.6 is 11.3 Å². The predicted molar refractivity (Wildman–Crippen MR) is 127 cm³/mol. The third-order valence-electron chi connectivity index (χ3n) is 5.21. The van der Waals surface area contributed by atoms with Crippen LogP contribution in [-0.4, -0.2) is 59.1 Å². The van der Waals surface area contributed by atoms with Crippen LogP contribution in [-0.2, 0) is 0 Å². The number of aromatic nitrogens is 4. The Hall–Kier alpha value is -3.63. The molecule has 9 nitrogen and oxygen atoms in total. The second-order valence-electron chi connectivity index (χ2n) is 7.91. The number of rotatable bonds is 5. The molecule has 0 unspecified atom stereocenters. The molecule has 0 radical (unpaired) electrons. The van der Waals surface area contributed by atoms with Gasteiger partial charge >= 0.3 is 0 Å². The van der Waals surface area contributed by atoms with Crippen LogP contribution in [0.2, 0.25) is 0 Å². The van der Waals surface area contributed by atoms with E-state index in [0.717, 1.165) is 45.4 Å². The summed E-state index contributed by atoms with van der Waals surface area (Å²) in [5.74, 6) is 0.989. The molecule has 0 spiro atoms. The van der Waals surface area contributed by atoms with Crippen LogP contribution in [0.1, 0.15) is 10.4 Å². The molecule has 0 aliphatic carbocycles. The van der Waals surface area contributed by atoms with Crippen molar-refractivity contribution in [1.82, 2.24) is 19.9 Å². The van der Waals surface area contributed by atoms with Crippen molar-refractivity contribution < 1.29 is 4.79 Å². The number of thiazole rings is 1. The molecule has 5 heterocycles. The van der Waals surface area contributed by atoms with E-state index in [-0.39, 0.29) is 11.9 Å². The van der Waals surface area contributed by atoms with Crippen molar-refractivity contribution in [2.24, 2.45) is 5.73 Å². The minimum Gasteiger partial charge on any atom is -0.354 e. The topological polar surface area (TPSA) is 113 Å². The monoisotopic (exact) mass is 446 g/mol. The summed E-state index contributed by atoms with van der Waals surface area (Å²) < 4.78 is 0. The van der Waals surface area contributed by atoms with Gasteiger partial charge in [0.2, 0.25) is 0 Å². The lowest BCUT2D eigenvalue weighted by Crippen LogP contribution is -2.56. The first-order chi connectivity index (χ1) is 15.5. The molecule has 1 fully saturated rings. The summed E-state index contributed by atoms with van der Waals surface area (Å²) in [7, 11) is 3.92. The van der Waals surface area contributed by atoms with Gasteiger partial charge in [-0.15, -0.1) is 0 Å². The van der Waals surface area contributed by atoms with E-state index < -0.39 is 0 Å². The van der Waals surface area contributed by atoms with Gasteiger partial charge in [-0.05, 0) is 29.7 Å². The van der Waals surface area contributed by atoms with E-state index in [9.17, 15) is 4.79 Å². The highest BCUT2D eigenvalue weighted by molar-refractivity contribution is 7.18. The van der Waals surface area contributed by atoms with Crippen molar-refractivity contribution >= 4 is 44.8 Å². The summed E-state index contributed by atoms with van der Waals surface area (Å²) in [6.07, 6.45) is 6.95. The summed E-state index contributed by atoms with van der Waals surface area (Å²) in [4.78, 5) is 35.5. The molecule has 0 atom stereocenters. The number of nitrogens with two attached hydrogens (primary N) is 1. The molecular weight excluding hydrogens is 424 g/mol. The van der Waals surface area contributed by atoms with Crippen molar-refractivity contribution in [1.29, 1.82) is 0 Å². The zero-order chi connectivity index (χ0) is 22.2. The zero-order valence-electron chi connectivity index (χ0n) is 17.7. The van der Waals surface area contributed by atoms with Gasteiger partial charge in [0.15, 0.2) is 5.13 Å². The molecular formula is C22H22N8OS. The predicted octanol–water partition coefficient (Wildman–Crippen LogP) is 2.61. The van der Waals surface area contributed by atoms with Crippen LogP contribution in [0.5, 0.6) is 0 Å². The molecule has 32 heavy (non-hydrogen) atoms. The summed E-state index contributed by atoms with van der Waals surface area (Å²) in [5.41, 5.74) is 7.20. The number of nitrogens with zero attached hydrogens (tertiary/aromatic N) is 6. The Morgan fingerprint density at radius 2 is 1.91 bits per heavy atom. The highest BCUT2D eigenvalue weighted by Gasteiger charge is 2.24. The number of fused-ring (bicyclic) bond motifs is 1. The molecule has 0 bridgehead atoms. The van der Waals surface area contributed by atoms with Crippen LogP contribution < -0.4 is 20.9 Å². The molecule has 1 aliphatic rings. The molecule has 4 aromatic rings. The molecule has 162 valence electrons. The van der Waals surface area contributed by atoms with Gasteiger partial charge in [0.05, 0.1) is 10.6 Å². The third kappa shape index (κ3) is 3.97. The lowest BCUT2D eigenvalue weighted by Gasteiger charge is -2.37. The van der Waals surface area contributed by atoms with Crippen LogP contribution in [0.25, 0.3) is 21.3 Å². The zero-order valence-corrected chi connectivity index (χ0v) is 18.5. The minimum absolute atomic E-state index is 0.162. The van der Waals surface area contributed by atoms with Gasteiger partial charge in [-0.1, -0.05) is 11.3 Å². The SMILES string of the molecule is CN(C)c1ncc(-c2cc3cc(NC(=O)c4ccnc(N5CC(N)C5)c4)ncc3cn2)s1. The number of nitrogens with one attached hydrogen (secondary N) is 1. The van der Waals surface area contributed by atoms with Crippen LogP contribution in [0.15, 0.2) is 49.1 Å². The van der Waals surface area contributed by atoms with E-state index in [0.29, 0.717) is 11.4 Å². The second kappa shape index (κ2) is 8.13. The van der Waals surface area contributed by atoms with Gasteiger partial charge in [0.25, 0.3) is 5.91 Å². The van der Waals surface area contributed by atoms with Gasteiger partial charge in [-0.3, -0.25) is 9.78 Å². The fourth-order valence-electron chi connectivity index (χ4n) is 3.45. The van der Waals surface area contributed by atoms with Gasteiger partial charge < -0.3 is 20.9 Å². The Morgan fingerprint density at radius 3 is 2.66 bits per heavy atom. The Balaban J connectivity index is 1.37. The van der Waals surface area contributed by atoms with Crippen molar-refractivity contribution in [2.45, 2.75) is 6.04 Å². The first kappa shape index (κ1) is 20.3. The average molecular weight is 447 g/mol. The summed E-state index contributed by atoms with van der Waals surface area (Å²) in [6.45, 7) is 1.49. The van der Waals surface area contributed by atoms with E-state index in [2.05, 4.69) is 25.3 Å². The van der Waals surface area contributed by atoms with E-state index in [4.69, 9.17) is 5.73 Å². The van der Waals surface area contributed by atoms with Crippen LogP contribution in [0.3, 0.4) is 0 Å². The maximum absolute atomic E-state index is 12.8. The first-order valence-corrected chi connectivity index (χ1v) is 11.0. The molecule has 1 amide bonds. The molecule has 0 aromatic carbocycles. The van der Waals surface area contributed by atoms with Crippen LogP contribution in [0, 0.1) is 0 Å². The molecule has 10 heteroatoms. The Kier molecular flexibility index (Phi) is 5.16. The van der Waals surface area contributed by atoms with E-state index >= 15 is 0 Å². The summed E-state index contributed by atoms with van der Waals surface area (Å²) in [6, 6.07) is 7.46. The van der Waals surface area contributed by atoms with Crippen molar-refractivity contribution in [3.8, 4) is 10.6 Å². The first-order valence-electron chi connectivity index (χ1n) is 10.1. The van der Waals surface area contributed by atoms with Crippen molar-refractivity contribution in [2.75, 3.05) is 42.3 Å². The standard InChI is InChI=1S/C22H22N8OS/c1-29(2)22-27-10-18(32-22)17-5-14-6-19(26-9-15(14)8-25-17)28-21(31)13-3-4-24-20(7-13)30-11-16(23)12-30/h3-10,16H,11-12,23H2,1-2H3,(H,26,28,31). The number of anilines is 3. The van der Waals surface area contributed by atoms with Crippen molar-refractivity contribution in [3.05, 3.63) is 54.6 Å². The van der Waals surface area contributed by atoms with E-state index in [1.807, 2.05) is 42.2 Å². The van der Waals surface area contributed by atoms with Crippen LogP contribution in [0.4, 0.5) is 16.8 Å². The molecule has 1 saturated heterocycles. The van der Waals surface area contributed by atoms with Gasteiger partial charge in [0.1, 0.15) is 11.6 Å².